The number of hydrogen-bond donors (Lipinski definition) is 1. The van der Waals surface area contributed by atoms with Gasteiger partial charge in [0.15, 0.2) is 0 Å². The van der Waals surface area contributed by atoms with Crippen LogP contribution in [0.1, 0.15) is 20.3 Å². The van der Waals surface area contributed by atoms with Gasteiger partial charge in [-0.05, 0) is 25.4 Å². The second kappa shape index (κ2) is 4.53. The van der Waals surface area contributed by atoms with Gasteiger partial charge in [0.1, 0.15) is 0 Å². The zero-order valence-electron chi connectivity index (χ0n) is 11.3. The van der Waals surface area contributed by atoms with Crippen molar-refractivity contribution >= 4 is 11.9 Å². The van der Waals surface area contributed by atoms with Crippen molar-refractivity contribution in [2.45, 2.75) is 20.3 Å². The maximum absolute atomic E-state index is 12.4. The highest BCUT2D eigenvalue weighted by molar-refractivity contribution is 5.91. The van der Waals surface area contributed by atoms with Crippen LogP contribution in [-0.2, 0) is 9.59 Å². The number of carboxylic acid groups (broad SMARTS) is 1. The Morgan fingerprint density at radius 3 is 2.33 bits per heavy atom. The zero-order valence-corrected chi connectivity index (χ0v) is 11.3. The van der Waals surface area contributed by atoms with Crippen LogP contribution in [0.15, 0.2) is 0 Å². The van der Waals surface area contributed by atoms with Crippen LogP contribution >= 0.6 is 0 Å². The average molecular weight is 254 g/mol. The van der Waals surface area contributed by atoms with Crippen molar-refractivity contribution in [2.75, 3.05) is 33.2 Å². The summed E-state index contributed by atoms with van der Waals surface area (Å²) in [5.41, 5.74) is -0.388. The van der Waals surface area contributed by atoms with Crippen molar-refractivity contribution in [3.63, 3.8) is 0 Å². The highest BCUT2D eigenvalue weighted by Gasteiger charge is 2.66. The Hall–Kier alpha value is -1.10. The van der Waals surface area contributed by atoms with E-state index in [2.05, 4.69) is 11.9 Å². The van der Waals surface area contributed by atoms with Gasteiger partial charge in [0.2, 0.25) is 5.91 Å². The molecule has 1 amide bonds. The number of carbonyl (C=O) groups excluding carboxylic acids is 1. The van der Waals surface area contributed by atoms with Crippen LogP contribution in [-0.4, -0.2) is 60.0 Å². The smallest absolute Gasteiger partial charge is 0.307 e. The molecule has 2 fully saturated rings. The minimum atomic E-state index is -0.842. The maximum atomic E-state index is 12.4. The molecule has 1 saturated carbocycles. The summed E-state index contributed by atoms with van der Waals surface area (Å²) >= 11 is 0. The SMILES string of the molecule is CN1CCCN(C(=O)C2C(C(=O)O)C2(C)C)CC1. The van der Waals surface area contributed by atoms with E-state index >= 15 is 0 Å². The fraction of sp³-hybridized carbons (Fsp3) is 0.846. The first kappa shape index (κ1) is 13.3. The number of carbonyl (C=O) groups is 2. The maximum Gasteiger partial charge on any atom is 0.307 e. The molecule has 2 aliphatic rings. The Balaban J connectivity index is 2.02. The Morgan fingerprint density at radius 2 is 1.78 bits per heavy atom. The van der Waals surface area contributed by atoms with Gasteiger partial charge in [0.25, 0.3) is 0 Å². The molecule has 2 rings (SSSR count). The molecule has 1 saturated heterocycles. The normalized spacial score (nSPS) is 31.8. The van der Waals surface area contributed by atoms with Crippen LogP contribution in [0, 0.1) is 17.3 Å². The van der Waals surface area contributed by atoms with E-state index in [9.17, 15) is 9.59 Å². The number of amides is 1. The summed E-state index contributed by atoms with van der Waals surface area (Å²) in [6, 6.07) is 0. The molecule has 1 N–H and O–H groups in total. The molecule has 18 heavy (non-hydrogen) atoms. The van der Waals surface area contributed by atoms with Crippen molar-refractivity contribution in [1.82, 2.24) is 9.80 Å². The minimum absolute atomic E-state index is 0.0303. The van der Waals surface area contributed by atoms with E-state index in [0.717, 1.165) is 26.1 Å². The molecule has 1 heterocycles. The summed E-state index contributed by atoms with van der Waals surface area (Å²) in [4.78, 5) is 27.6. The summed E-state index contributed by atoms with van der Waals surface area (Å²) < 4.78 is 0. The topological polar surface area (TPSA) is 60.9 Å². The van der Waals surface area contributed by atoms with Crippen LogP contribution in [0.5, 0.6) is 0 Å². The number of rotatable bonds is 2. The summed E-state index contributed by atoms with van der Waals surface area (Å²) in [5.74, 6) is -1.66. The van der Waals surface area contributed by atoms with Gasteiger partial charge in [-0.2, -0.15) is 0 Å². The third-order valence-electron chi connectivity index (χ3n) is 4.39. The van der Waals surface area contributed by atoms with E-state index in [1.54, 1.807) is 0 Å². The van der Waals surface area contributed by atoms with Crippen LogP contribution in [0.2, 0.25) is 0 Å². The number of nitrogens with zero attached hydrogens (tertiary/aromatic N) is 2. The zero-order chi connectivity index (χ0) is 13.5. The largest absolute Gasteiger partial charge is 0.481 e. The Bertz CT molecular complexity index is 367. The Kier molecular flexibility index (Phi) is 3.36. The average Bonchev–Trinajstić information content (AvgIpc) is 2.91. The van der Waals surface area contributed by atoms with Gasteiger partial charge in [-0.3, -0.25) is 9.59 Å². The summed E-state index contributed by atoms with van der Waals surface area (Å²) in [5, 5.41) is 9.13. The van der Waals surface area contributed by atoms with Gasteiger partial charge in [-0.25, -0.2) is 0 Å². The Morgan fingerprint density at radius 1 is 1.11 bits per heavy atom. The Labute approximate surface area is 108 Å². The molecule has 0 radical (unpaired) electrons. The quantitative estimate of drug-likeness (QED) is 0.780. The highest BCUT2D eigenvalue weighted by atomic mass is 16.4. The van der Waals surface area contributed by atoms with E-state index in [0.29, 0.717) is 6.54 Å². The lowest BCUT2D eigenvalue weighted by Gasteiger charge is -2.21. The molecule has 0 aromatic heterocycles. The number of carboxylic acids is 1. The van der Waals surface area contributed by atoms with Crippen molar-refractivity contribution < 1.29 is 14.7 Å². The summed E-state index contributed by atoms with van der Waals surface area (Å²) in [7, 11) is 2.05. The summed E-state index contributed by atoms with van der Waals surface area (Å²) in [6.07, 6.45) is 0.965. The summed E-state index contributed by atoms with van der Waals surface area (Å²) in [6.45, 7) is 7.09. The molecule has 102 valence electrons. The molecule has 2 unspecified atom stereocenters. The number of likely N-dealkylation sites (N-methyl/N-ethyl adjacent to an activating group) is 1. The van der Waals surface area contributed by atoms with Gasteiger partial charge in [-0.1, -0.05) is 13.8 Å². The monoisotopic (exact) mass is 254 g/mol. The molecule has 0 spiro atoms. The second-order valence-corrected chi connectivity index (χ2v) is 6.10. The number of hydrogen-bond acceptors (Lipinski definition) is 3. The van der Waals surface area contributed by atoms with Crippen LogP contribution < -0.4 is 0 Å². The lowest BCUT2D eigenvalue weighted by molar-refractivity contribution is -0.142. The molecule has 5 nitrogen and oxygen atoms in total. The minimum Gasteiger partial charge on any atom is -0.481 e. The first-order chi connectivity index (χ1) is 8.35. The molecule has 1 aliphatic carbocycles. The van der Waals surface area contributed by atoms with E-state index in [1.165, 1.54) is 0 Å². The van der Waals surface area contributed by atoms with Crippen molar-refractivity contribution in [3.8, 4) is 0 Å². The van der Waals surface area contributed by atoms with Gasteiger partial charge in [0.05, 0.1) is 11.8 Å². The fourth-order valence-electron chi connectivity index (χ4n) is 3.02. The standard InChI is InChI=1S/C13H22N2O3/c1-13(2)9(10(13)12(17)18)11(16)15-6-4-5-14(3)7-8-15/h9-10H,4-8H2,1-3H3,(H,17,18). The lowest BCUT2D eigenvalue weighted by Crippen LogP contribution is -2.36. The molecule has 0 bridgehead atoms. The van der Waals surface area contributed by atoms with E-state index in [4.69, 9.17) is 5.11 Å². The second-order valence-electron chi connectivity index (χ2n) is 6.10. The van der Waals surface area contributed by atoms with Gasteiger partial charge in [-0.15, -0.1) is 0 Å². The molecule has 0 aromatic rings. The third kappa shape index (κ3) is 2.23. The first-order valence-electron chi connectivity index (χ1n) is 6.56. The molecule has 2 atom stereocenters. The van der Waals surface area contributed by atoms with Crippen LogP contribution in [0.25, 0.3) is 0 Å². The van der Waals surface area contributed by atoms with E-state index < -0.39 is 11.9 Å². The molecule has 0 aromatic carbocycles. The van der Waals surface area contributed by atoms with Gasteiger partial charge >= 0.3 is 5.97 Å². The fourth-order valence-corrected chi connectivity index (χ4v) is 3.02. The van der Waals surface area contributed by atoms with Crippen LogP contribution in [0.3, 0.4) is 0 Å². The third-order valence-corrected chi connectivity index (χ3v) is 4.39. The molecule has 1 aliphatic heterocycles. The van der Waals surface area contributed by atoms with Gasteiger partial charge < -0.3 is 14.9 Å². The van der Waals surface area contributed by atoms with Crippen molar-refractivity contribution in [1.29, 1.82) is 0 Å². The molecular formula is C13H22N2O3. The van der Waals surface area contributed by atoms with Gasteiger partial charge in [0, 0.05) is 19.6 Å². The predicted octanol–water partition coefficient (Wildman–Crippen LogP) is 0.507. The van der Waals surface area contributed by atoms with Crippen molar-refractivity contribution in [3.05, 3.63) is 0 Å². The molecule has 5 heteroatoms. The first-order valence-corrected chi connectivity index (χ1v) is 6.56. The number of aliphatic carboxylic acids is 1. The van der Waals surface area contributed by atoms with E-state index in [-0.39, 0.29) is 17.2 Å². The van der Waals surface area contributed by atoms with Crippen molar-refractivity contribution in [2.24, 2.45) is 17.3 Å². The van der Waals surface area contributed by atoms with Crippen LogP contribution in [0.4, 0.5) is 0 Å². The predicted molar refractivity (Wildman–Crippen MR) is 67.1 cm³/mol. The highest BCUT2D eigenvalue weighted by Crippen LogP contribution is 2.59. The molecular weight excluding hydrogens is 232 g/mol. The van der Waals surface area contributed by atoms with E-state index in [1.807, 2.05) is 18.7 Å². The lowest BCUT2D eigenvalue weighted by atomic mass is 10.1.